The van der Waals surface area contributed by atoms with Crippen LogP contribution in [0.4, 0.5) is 18.9 Å². The summed E-state index contributed by atoms with van der Waals surface area (Å²) >= 11 is 0. The summed E-state index contributed by atoms with van der Waals surface area (Å²) in [5, 5.41) is 8.73. The molecule has 0 atom stereocenters. The van der Waals surface area contributed by atoms with Crippen molar-refractivity contribution in [2.75, 3.05) is 5.73 Å². The van der Waals surface area contributed by atoms with Crippen LogP contribution in [-0.4, -0.2) is 0 Å². The van der Waals surface area contributed by atoms with E-state index in [-0.39, 0.29) is 5.75 Å². The molecule has 0 amide bonds. The Morgan fingerprint density at radius 1 is 1.14 bits per heavy atom. The van der Waals surface area contributed by atoms with E-state index >= 15 is 0 Å². The highest BCUT2D eigenvalue weighted by Gasteiger charge is 2.34. The zero-order valence-corrected chi connectivity index (χ0v) is 11.0. The Bertz CT molecular complexity index is 718. The van der Waals surface area contributed by atoms with Gasteiger partial charge in [0.25, 0.3) is 0 Å². The predicted molar refractivity (Wildman–Crippen MR) is 71.8 cm³/mol. The number of nitrogens with two attached hydrogens (primary N) is 1. The second-order valence-corrected chi connectivity index (χ2v) is 4.44. The number of nitriles is 1. The molecule has 0 heterocycles. The van der Waals surface area contributed by atoms with Gasteiger partial charge in [0.05, 0.1) is 17.2 Å². The van der Waals surface area contributed by atoms with Crippen molar-refractivity contribution in [2.24, 2.45) is 0 Å². The lowest BCUT2D eigenvalue weighted by Gasteiger charge is -2.13. The normalized spacial score (nSPS) is 11.0. The molecule has 2 N–H and O–H groups in total. The second kappa shape index (κ2) is 5.37. The van der Waals surface area contributed by atoms with Crippen molar-refractivity contribution in [3.63, 3.8) is 0 Å². The van der Waals surface area contributed by atoms with Gasteiger partial charge in [0.2, 0.25) is 0 Å². The summed E-state index contributed by atoms with van der Waals surface area (Å²) in [5.41, 5.74) is 5.38. The number of hydrogen-bond donors (Lipinski definition) is 1. The highest BCUT2D eigenvalue weighted by atomic mass is 19.4. The Kier molecular flexibility index (Phi) is 3.76. The lowest BCUT2D eigenvalue weighted by Crippen LogP contribution is -2.08. The molecule has 108 valence electrons. The molecule has 0 radical (unpaired) electrons. The van der Waals surface area contributed by atoms with Gasteiger partial charge >= 0.3 is 6.18 Å². The van der Waals surface area contributed by atoms with Crippen LogP contribution in [0.1, 0.15) is 16.7 Å². The van der Waals surface area contributed by atoms with Gasteiger partial charge in [-0.15, -0.1) is 0 Å². The number of nitrogen functional groups attached to an aromatic ring is 1. The smallest absolute Gasteiger partial charge is 0.417 e. The number of hydrogen-bond acceptors (Lipinski definition) is 3. The van der Waals surface area contributed by atoms with Crippen molar-refractivity contribution in [2.45, 2.75) is 13.1 Å². The van der Waals surface area contributed by atoms with Crippen LogP contribution in [0.15, 0.2) is 36.4 Å². The first-order valence-electron chi connectivity index (χ1n) is 5.96. The van der Waals surface area contributed by atoms with Crippen LogP contribution >= 0.6 is 0 Å². The molecule has 0 aliphatic carbocycles. The van der Waals surface area contributed by atoms with Gasteiger partial charge in [-0.1, -0.05) is 0 Å². The van der Waals surface area contributed by atoms with Crippen molar-refractivity contribution in [3.8, 4) is 17.6 Å². The lowest BCUT2D eigenvalue weighted by atomic mass is 10.1. The number of nitrogens with zero attached hydrogens (tertiary/aromatic N) is 1. The highest BCUT2D eigenvalue weighted by Crippen LogP contribution is 2.35. The molecule has 0 aliphatic heterocycles. The van der Waals surface area contributed by atoms with E-state index in [0.717, 1.165) is 12.1 Å². The second-order valence-electron chi connectivity index (χ2n) is 4.44. The average molecular weight is 292 g/mol. The Morgan fingerprint density at radius 3 is 2.43 bits per heavy atom. The highest BCUT2D eigenvalue weighted by molar-refractivity contribution is 5.50. The van der Waals surface area contributed by atoms with Gasteiger partial charge in [-0.2, -0.15) is 18.4 Å². The van der Waals surface area contributed by atoms with E-state index in [1.807, 2.05) is 0 Å². The lowest BCUT2D eigenvalue weighted by molar-refractivity contribution is -0.137. The van der Waals surface area contributed by atoms with Crippen molar-refractivity contribution >= 4 is 5.69 Å². The quantitative estimate of drug-likeness (QED) is 0.841. The SMILES string of the molecule is Cc1cc(N)ccc1Oc1ccc(C#N)c(C(F)(F)F)c1. The molecule has 2 aromatic rings. The van der Waals surface area contributed by atoms with Gasteiger partial charge in [0, 0.05) is 5.69 Å². The van der Waals surface area contributed by atoms with Crippen LogP contribution in [0.2, 0.25) is 0 Å². The van der Waals surface area contributed by atoms with Crippen molar-refractivity contribution in [1.82, 2.24) is 0 Å². The van der Waals surface area contributed by atoms with E-state index in [0.29, 0.717) is 17.0 Å². The minimum Gasteiger partial charge on any atom is -0.457 e. The number of anilines is 1. The maximum absolute atomic E-state index is 12.9. The Balaban J connectivity index is 2.40. The topological polar surface area (TPSA) is 59.0 Å². The molecule has 0 saturated heterocycles. The molecule has 0 unspecified atom stereocenters. The van der Waals surface area contributed by atoms with Crippen LogP contribution in [0.3, 0.4) is 0 Å². The minimum absolute atomic E-state index is 0.00852. The van der Waals surface area contributed by atoms with Gasteiger partial charge in [0.15, 0.2) is 0 Å². The van der Waals surface area contributed by atoms with Gasteiger partial charge < -0.3 is 10.5 Å². The zero-order chi connectivity index (χ0) is 15.6. The van der Waals surface area contributed by atoms with Crippen LogP contribution in [-0.2, 0) is 6.18 Å². The fourth-order valence-corrected chi connectivity index (χ4v) is 1.83. The van der Waals surface area contributed by atoms with Gasteiger partial charge in [0.1, 0.15) is 11.5 Å². The summed E-state index contributed by atoms with van der Waals surface area (Å²) in [6.07, 6.45) is -4.61. The standard InChI is InChI=1S/C15H11F3N2O/c1-9-6-11(20)3-5-14(9)21-12-4-2-10(8-19)13(7-12)15(16,17)18/h2-7H,20H2,1H3. The number of ether oxygens (including phenoxy) is 1. The van der Waals surface area contributed by atoms with Crippen molar-refractivity contribution in [3.05, 3.63) is 53.1 Å². The molecule has 0 aliphatic rings. The molecule has 0 fully saturated rings. The number of aryl methyl sites for hydroxylation is 1. The van der Waals surface area contributed by atoms with E-state index in [1.54, 1.807) is 25.1 Å². The monoisotopic (exact) mass is 292 g/mol. The third-order valence-corrected chi connectivity index (χ3v) is 2.84. The molecule has 0 bridgehead atoms. The molecule has 3 nitrogen and oxygen atoms in total. The molecule has 0 saturated carbocycles. The largest absolute Gasteiger partial charge is 0.457 e. The van der Waals surface area contributed by atoms with Crippen molar-refractivity contribution in [1.29, 1.82) is 5.26 Å². The minimum atomic E-state index is -4.61. The molecular formula is C15H11F3N2O. The number of rotatable bonds is 2. The Labute approximate surface area is 119 Å². The van der Waals surface area contributed by atoms with Gasteiger partial charge in [-0.25, -0.2) is 0 Å². The van der Waals surface area contributed by atoms with Gasteiger partial charge in [-0.3, -0.25) is 0 Å². The van der Waals surface area contributed by atoms with E-state index < -0.39 is 17.3 Å². The number of benzene rings is 2. The van der Waals surface area contributed by atoms with E-state index in [9.17, 15) is 13.2 Å². The van der Waals surface area contributed by atoms with Crippen LogP contribution < -0.4 is 10.5 Å². The van der Waals surface area contributed by atoms with E-state index in [4.69, 9.17) is 15.7 Å². The van der Waals surface area contributed by atoms with Crippen LogP contribution in [0, 0.1) is 18.3 Å². The summed E-state index contributed by atoms with van der Waals surface area (Å²) in [7, 11) is 0. The zero-order valence-electron chi connectivity index (χ0n) is 11.0. The predicted octanol–water partition coefficient (Wildman–Crippen LogP) is 4.26. The molecular weight excluding hydrogens is 281 g/mol. The maximum Gasteiger partial charge on any atom is 0.417 e. The third-order valence-electron chi connectivity index (χ3n) is 2.84. The fourth-order valence-electron chi connectivity index (χ4n) is 1.83. The summed E-state index contributed by atoms with van der Waals surface area (Å²) in [5.74, 6) is 0.413. The first kappa shape index (κ1) is 14.7. The van der Waals surface area contributed by atoms with E-state index in [2.05, 4.69) is 0 Å². The van der Waals surface area contributed by atoms with Gasteiger partial charge in [-0.05, 0) is 48.9 Å². The molecule has 0 aromatic heterocycles. The first-order valence-corrected chi connectivity index (χ1v) is 5.96. The summed E-state index contributed by atoms with van der Waals surface area (Å²) in [4.78, 5) is 0. The Hall–Kier alpha value is -2.68. The first-order chi connectivity index (χ1) is 9.81. The molecule has 2 rings (SSSR count). The third kappa shape index (κ3) is 3.26. The van der Waals surface area contributed by atoms with E-state index in [1.165, 1.54) is 12.1 Å². The molecule has 0 spiro atoms. The number of halogens is 3. The Morgan fingerprint density at radius 2 is 1.86 bits per heavy atom. The van der Waals surface area contributed by atoms with Crippen molar-refractivity contribution < 1.29 is 17.9 Å². The molecule has 21 heavy (non-hydrogen) atoms. The maximum atomic E-state index is 12.9. The summed E-state index contributed by atoms with van der Waals surface area (Å²) in [6.45, 7) is 1.74. The molecule has 6 heteroatoms. The summed E-state index contributed by atoms with van der Waals surface area (Å²) < 4.78 is 44.0. The molecule has 2 aromatic carbocycles. The number of alkyl halides is 3. The summed E-state index contributed by atoms with van der Waals surface area (Å²) in [6, 6.07) is 9.57. The van der Waals surface area contributed by atoms with Crippen LogP contribution in [0.25, 0.3) is 0 Å². The fraction of sp³-hybridized carbons (Fsp3) is 0.133. The average Bonchev–Trinajstić information content (AvgIpc) is 2.41. The van der Waals surface area contributed by atoms with Crippen LogP contribution in [0.5, 0.6) is 11.5 Å².